The van der Waals surface area contributed by atoms with E-state index in [9.17, 15) is 4.79 Å². The Bertz CT molecular complexity index is 744. The number of anilines is 1. The van der Waals surface area contributed by atoms with Crippen LogP contribution in [0.3, 0.4) is 0 Å². The van der Waals surface area contributed by atoms with Crippen LogP contribution >= 0.6 is 35.3 Å². The fourth-order valence-electron chi connectivity index (χ4n) is 2.73. The number of rotatable bonds is 5. The fourth-order valence-corrected chi connectivity index (χ4v) is 3.43. The quantitative estimate of drug-likeness (QED) is 0.294. The molecule has 0 radical (unpaired) electrons. The number of nitrogens with zero attached hydrogens (tertiary/aromatic N) is 4. The fraction of sp³-hybridized carbons (Fsp3) is 0.389. The number of halogens is 1. The molecule has 0 spiro atoms. The van der Waals surface area contributed by atoms with Crippen LogP contribution in [0.5, 0.6) is 0 Å². The van der Waals surface area contributed by atoms with Gasteiger partial charge in [0.1, 0.15) is 0 Å². The third-order valence-corrected chi connectivity index (χ3v) is 5.01. The van der Waals surface area contributed by atoms with Crippen molar-refractivity contribution in [1.82, 2.24) is 9.88 Å². The van der Waals surface area contributed by atoms with Gasteiger partial charge in [0.2, 0.25) is 0 Å². The van der Waals surface area contributed by atoms with E-state index in [2.05, 4.69) is 19.8 Å². The first kappa shape index (κ1) is 21.4. The van der Waals surface area contributed by atoms with Gasteiger partial charge >= 0.3 is 5.97 Å². The van der Waals surface area contributed by atoms with Crippen LogP contribution in [-0.4, -0.2) is 54.6 Å². The Morgan fingerprint density at radius 2 is 1.96 bits per heavy atom. The number of aromatic nitrogens is 1. The number of thiazole rings is 1. The second-order valence-electron chi connectivity index (χ2n) is 5.88. The highest BCUT2D eigenvalue weighted by atomic mass is 127. The van der Waals surface area contributed by atoms with Crippen molar-refractivity contribution in [2.45, 2.75) is 13.5 Å². The number of aliphatic imine (C=N–C) groups is 1. The average Bonchev–Trinajstić information content (AvgIpc) is 3.21. The molecular weight excluding hydrogens is 477 g/mol. The van der Waals surface area contributed by atoms with Crippen LogP contribution in [0.15, 0.2) is 40.8 Å². The lowest BCUT2D eigenvalue weighted by molar-refractivity contribution is 0.0526. The molecule has 1 fully saturated rings. The Balaban J connectivity index is 0.00000261. The van der Waals surface area contributed by atoms with Crippen molar-refractivity contribution in [3.8, 4) is 0 Å². The second-order valence-corrected chi connectivity index (χ2v) is 6.75. The zero-order chi connectivity index (χ0) is 18.4. The molecule has 0 unspecified atom stereocenters. The predicted octanol–water partition coefficient (Wildman–Crippen LogP) is 2.57. The van der Waals surface area contributed by atoms with Crippen molar-refractivity contribution in [3.63, 3.8) is 0 Å². The van der Waals surface area contributed by atoms with E-state index in [0.29, 0.717) is 24.7 Å². The average molecular weight is 501 g/mol. The zero-order valence-corrected chi connectivity index (χ0v) is 18.4. The first-order chi connectivity index (χ1) is 12.7. The summed E-state index contributed by atoms with van der Waals surface area (Å²) in [6, 6.07) is 7.27. The first-order valence-electron chi connectivity index (χ1n) is 8.62. The Kier molecular flexibility index (Phi) is 8.29. The van der Waals surface area contributed by atoms with E-state index in [0.717, 1.165) is 36.9 Å². The number of guanidine groups is 1. The summed E-state index contributed by atoms with van der Waals surface area (Å²) in [5, 5.41) is 3.05. The Hall–Kier alpha value is -1.88. The van der Waals surface area contributed by atoms with E-state index in [4.69, 9.17) is 10.5 Å². The molecule has 0 atom stereocenters. The summed E-state index contributed by atoms with van der Waals surface area (Å²) in [6.45, 7) is 6.09. The molecule has 2 heterocycles. The molecule has 1 aromatic carbocycles. The summed E-state index contributed by atoms with van der Waals surface area (Å²) >= 11 is 1.65. The highest BCUT2D eigenvalue weighted by Crippen LogP contribution is 2.18. The summed E-state index contributed by atoms with van der Waals surface area (Å²) in [4.78, 5) is 24.9. The normalized spacial score (nSPS) is 14.6. The minimum Gasteiger partial charge on any atom is -0.462 e. The van der Waals surface area contributed by atoms with Crippen molar-refractivity contribution >= 4 is 52.4 Å². The van der Waals surface area contributed by atoms with E-state index in [1.54, 1.807) is 30.4 Å². The van der Waals surface area contributed by atoms with E-state index in [-0.39, 0.29) is 29.9 Å². The SMILES string of the molecule is CCOC(=O)c1ccc(CN=C(N)N2CCN(c3nccs3)CC2)cc1.I. The molecule has 7 nitrogen and oxygen atoms in total. The number of nitrogens with two attached hydrogens (primary N) is 1. The highest BCUT2D eigenvalue weighted by Gasteiger charge is 2.19. The number of piperazine rings is 1. The van der Waals surface area contributed by atoms with Gasteiger partial charge in [-0.2, -0.15) is 0 Å². The maximum absolute atomic E-state index is 11.7. The minimum atomic E-state index is -0.305. The van der Waals surface area contributed by atoms with Crippen LogP contribution in [0.2, 0.25) is 0 Å². The molecule has 0 aliphatic carbocycles. The monoisotopic (exact) mass is 501 g/mol. The van der Waals surface area contributed by atoms with Gasteiger partial charge < -0.3 is 20.3 Å². The van der Waals surface area contributed by atoms with Crippen molar-refractivity contribution in [1.29, 1.82) is 0 Å². The van der Waals surface area contributed by atoms with Gasteiger partial charge in [0.05, 0.1) is 18.7 Å². The minimum absolute atomic E-state index is 0. The van der Waals surface area contributed by atoms with Crippen LogP contribution in [-0.2, 0) is 11.3 Å². The second kappa shape index (κ2) is 10.5. The van der Waals surface area contributed by atoms with Gasteiger partial charge in [-0.3, -0.25) is 0 Å². The smallest absolute Gasteiger partial charge is 0.338 e. The van der Waals surface area contributed by atoms with Crippen molar-refractivity contribution in [2.75, 3.05) is 37.7 Å². The number of carbonyl (C=O) groups excluding carboxylic acids is 1. The summed E-state index contributed by atoms with van der Waals surface area (Å²) < 4.78 is 4.98. The van der Waals surface area contributed by atoms with Gasteiger partial charge in [-0.05, 0) is 24.6 Å². The summed E-state index contributed by atoms with van der Waals surface area (Å²) in [6.07, 6.45) is 1.83. The Labute approximate surface area is 180 Å². The molecule has 2 aromatic rings. The van der Waals surface area contributed by atoms with Gasteiger partial charge in [-0.25, -0.2) is 14.8 Å². The van der Waals surface area contributed by atoms with Crippen LogP contribution in [0.4, 0.5) is 5.13 Å². The maximum Gasteiger partial charge on any atom is 0.338 e. The largest absolute Gasteiger partial charge is 0.462 e. The first-order valence-corrected chi connectivity index (χ1v) is 9.50. The topological polar surface area (TPSA) is 84.0 Å². The van der Waals surface area contributed by atoms with Crippen LogP contribution in [0, 0.1) is 0 Å². The predicted molar refractivity (Wildman–Crippen MR) is 119 cm³/mol. The molecular formula is C18H24IN5O2S. The van der Waals surface area contributed by atoms with Crippen LogP contribution < -0.4 is 10.6 Å². The van der Waals surface area contributed by atoms with E-state index in [1.165, 1.54) is 0 Å². The number of hydrogen-bond donors (Lipinski definition) is 1. The molecule has 1 aromatic heterocycles. The molecule has 27 heavy (non-hydrogen) atoms. The number of esters is 1. The molecule has 1 aliphatic heterocycles. The molecule has 0 saturated carbocycles. The van der Waals surface area contributed by atoms with Crippen LogP contribution in [0.1, 0.15) is 22.8 Å². The molecule has 9 heteroatoms. The molecule has 0 amide bonds. The lowest BCUT2D eigenvalue weighted by Gasteiger charge is -2.35. The molecule has 146 valence electrons. The molecule has 2 N–H and O–H groups in total. The van der Waals surface area contributed by atoms with Gasteiger partial charge in [-0.15, -0.1) is 35.3 Å². The molecule has 1 aliphatic rings. The zero-order valence-electron chi connectivity index (χ0n) is 15.2. The van der Waals surface area contributed by atoms with E-state index in [1.807, 2.05) is 23.7 Å². The number of benzene rings is 1. The maximum atomic E-state index is 11.7. The molecule has 0 bridgehead atoms. The third-order valence-electron chi connectivity index (χ3n) is 4.18. The van der Waals surface area contributed by atoms with Crippen molar-refractivity contribution in [2.24, 2.45) is 10.7 Å². The number of ether oxygens (including phenoxy) is 1. The molecule has 3 rings (SSSR count). The Morgan fingerprint density at radius 3 is 2.56 bits per heavy atom. The van der Waals surface area contributed by atoms with Gasteiger partial charge in [0, 0.05) is 37.8 Å². The van der Waals surface area contributed by atoms with Crippen molar-refractivity contribution in [3.05, 3.63) is 47.0 Å². The molecule has 1 saturated heterocycles. The lowest BCUT2D eigenvalue weighted by atomic mass is 10.1. The van der Waals surface area contributed by atoms with Crippen molar-refractivity contribution < 1.29 is 9.53 Å². The summed E-state index contributed by atoms with van der Waals surface area (Å²) in [7, 11) is 0. The highest BCUT2D eigenvalue weighted by molar-refractivity contribution is 14.0. The van der Waals surface area contributed by atoms with E-state index >= 15 is 0 Å². The van der Waals surface area contributed by atoms with Gasteiger partial charge in [-0.1, -0.05) is 12.1 Å². The summed E-state index contributed by atoms with van der Waals surface area (Å²) in [5.74, 6) is 0.249. The van der Waals surface area contributed by atoms with Crippen LogP contribution in [0.25, 0.3) is 0 Å². The van der Waals surface area contributed by atoms with E-state index < -0.39 is 0 Å². The third kappa shape index (κ3) is 5.80. The standard InChI is InChI=1S/C18H23N5O2S.HI/c1-2-25-16(24)15-5-3-14(4-6-15)13-21-17(19)22-8-10-23(11-9-22)18-20-7-12-26-18;/h3-7,12H,2,8-11,13H2,1H3,(H2,19,21);1H. The number of hydrogen-bond acceptors (Lipinski definition) is 6. The lowest BCUT2D eigenvalue weighted by Crippen LogP contribution is -2.51. The Morgan fingerprint density at radius 1 is 1.26 bits per heavy atom. The van der Waals surface area contributed by atoms with Gasteiger partial charge in [0.25, 0.3) is 0 Å². The van der Waals surface area contributed by atoms with Gasteiger partial charge in [0.15, 0.2) is 11.1 Å². The summed E-state index contributed by atoms with van der Waals surface area (Å²) in [5.41, 5.74) is 7.70. The number of carbonyl (C=O) groups is 1.